The van der Waals surface area contributed by atoms with Crippen LogP contribution in [0.3, 0.4) is 0 Å². The molecule has 0 radical (unpaired) electrons. The summed E-state index contributed by atoms with van der Waals surface area (Å²) in [6.45, 7) is 0.328. The van der Waals surface area contributed by atoms with Crippen LogP contribution < -0.4 is 10.1 Å². The number of ether oxygens (including phenoxy) is 1. The maximum atomic E-state index is 10.5. The molecule has 1 aromatic heterocycles. The molecule has 128 valence electrons. The van der Waals surface area contributed by atoms with Gasteiger partial charge in [-0.2, -0.15) is 0 Å². The molecule has 0 saturated carbocycles. The van der Waals surface area contributed by atoms with Crippen molar-refractivity contribution in [1.82, 2.24) is 15.3 Å². The average molecular weight is 337 g/mol. The molecule has 0 aliphatic rings. The fourth-order valence-corrected chi connectivity index (χ4v) is 2.63. The molecule has 25 heavy (non-hydrogen) atoms. The first kappa shape index (κ1) is 16.6. The van der Waals surface area contributed by atoms with Crippen LogP contribution in [-0.4, -0.2) is 34.8 Å². The number of nitrogens with zero attached hydrogens (tertiary/aromatic N) is 1. The van der Waals surface area contributed by atoms with E-state index in [0.29, 0.717) is 13.0 Å². The standard InChI is InChI=1S/C19H19N3O3/c1-25-17-5-3-2-4-15(17)13-6-8-14(9-7-13)16-12-21-18(22-16)10-11-20-19(23)24/h2-9,12,20H,10-11H2,1H3,(H,21,22)(H,23,24). The lowest BCUT2D eigenvalue weighted by atomic mass is 10.0. The zero-order chi connectivity index (χ0) is 17.6. The quantitative estimate of drug-likeness (QED) is 0.642. The molecule has 3 aromatic rings. The van der Waals surface area contributed by atoms with E-state index in [1.54, 1.807) is 7.11 Å². The van der Waals surface area contributed by atoms with Crippen LogP contribution in [0.4, 0.5) is 4.79 Å². The number of para-hydroxylation sites is 1. The van der Waals surface area contributed by atoms with Gasteiger partial charge in [-0.05, 0) is 11.6 Å². The van der Waals surface area contributed by atoms with Gasteiger partial charge in [-0.25, -0.2) is 9.78 Å². The van der Waals surface area contributed by atoms with E-state index in [1.165, 1.54) is 0 Å². The molecule has 0 aliphatic carbocycles. The summed E-state index contributed by atoms with van der Waals surface area (Å²) in [5.41, 5.74) is 3.94. The van der Waals surface area contributed by atoms with Gasteiger partial charge in [-0.15, -0.1) is 0 Å². The first-order valence-electron chi connectivity index (χ1n) is 7.92. The van der Waals surface area contributed by atoms with Crippen molar-refractivity contribution in [2.45, 2.75) is 6.42 Å². The molecule has 2 aromatic carbocycles. The maximum Gasteiger partial charge on any atom is 0.404 e. The van der Waals surface area contributed by atoms with Crippen molar-refractivity contribution in [3.63, 3.8) is 0 Å². The van der Waals surface area contributed by atoms with Crippen molar-refractivity contribution >= 4 is 6.09 Å². The van der Waals surface area contributed by atoms with Crippen molar-refractivity contribution in [1.29, 1.82) is 0 Å². The second-order valence-electron chi connectivity index (χ2n) is 5.49. The lowest BCUT2D eigenvalue weighted by molar-refractivity contribution is 0.194. The molecule has 6 nitrogen and oxygen atoms in total. The molecule has 1 amide bonds. The largest absolute Gasteiger partial charge is 0.496 e. The number of aromatic amines is 1. The van der Waals surface area contributed by atoms with E-state index in [0.717, 1.165) is 34.0 Å². The minimum absolute atomic E-state index is 0.328. The number of hydrogen-bond donors (Lipinski definition) is 3. The van der Waals surface area contributed by atoms with Crippen LogP contribution in [0.5, 0.6) is 5.75 Å². The molecule has 6 heteroatoms. The predicted molar refractivity (Wildman–Crippen MR) is 95.7 cm³/mol. The highest BCUT2D eigenvalue weighted by atomic mass is 16.5. The molecule has 3 rings (SSSR count). The molecular weight excluding hydrogens is 318 g/mol. The molecule has 0 bridgehead atoms. The minimum atomic E-state index is -1.03. The Balaban J connectivity index is 1.74. The molecule has 0 saturated heterocycles. The summed E-state index contributed by atoms with van der Waals surface area (Å²) < 4.78 is 5.41. The van der Waals surface area contributed by atoms with E-state index in [-0.39, 0.29) is 0 Å². The Morgan fingerprint density at radius 1 is 1.16 bits per heavy atom. The topological polar surface area (TPSA) is 87.2 Å². The fraction of sp³-hybridized carbons (Fsp3) is 0.158. The van der Waals surface area contributed by atoms with Gasteiger partial charge in [0.1, 0.15) is 11.6 Å². The Morgan fingerprint density at radius 2 is 1.88 bits per heavy atom. The molecule has 0 unspecified atom stereocenters. The highest BCUT2D eigenvalue weighted by molar-refractivity contribution is 5.73. The third kappa shape index (κ3) is 3.98. The second kappa shape index (κ2) is 7.53. The summed E-state index contributed by atoms with van der Waals surface area (Å²) in [6, 6.07) is 16.0. The number of amides is 1. The van der Waals surface area contributed by atoms with Crippen LogP contribution in [0.25, 0.3) is 22.4 Å². The maximum absolute atomic E-state index is 10.5. The Labute approximate surface area is 145 Å². The van der Waals surface area contributed by atoms with Gasteiger partial charge in [-0.1, -0.05) is 42.5 Å². The lowest BCUT2D eigenvalue weighted by Gasteiger charge is -2.08. The normalized spacial score (nSPS) is 10.4. The number of carboxylic acid groups (broad SMARTS) is 1. The van der Waals surface area contributed by atoms with E-state index in [1.807, 2.05) is 54.7 Å². The Kier molecular flexibility index (Phi) is 4.99. The number of methoxy groups -OCH3 is 1. The van der Waals surface area contributed by atoms with Crippen molar-refractivity contribution < 1.29 is 14.6 Å². The predicted octanol–water partition coefficient (Wildman–Crippen LogP) is 3.56. The van der Waals surface area contributed by atoms with Crippen LogP contribution in [0.1, 0.15) is 5.82 Å². The van der Waals surface area contributed by atoms with E-state index in [9.17, 15) is 4.79 Å². The molecule has 0 atom stereocenters. The van der Waals surface area contributed by atoms with Gasteiger partial charge in [0.2, 0.25) is 0 Å². The molecule has 0 aliphatic heterocycles. The van der Waals surface area contributed by atoms with Crippen molar-refractivity contribution in [3.05, 3.63) is 60.6 Å². The lowest BCUT2D eigenvalue weighted by Crippen LogP contribution is -2.23. The van der Waals surface area contributed by atoms with E-state index < -0.39 is 6.09 Å². The summed E-state index contributed by atoms with van der Waals surface area (Å²) in [6.07, 6.45) is 1.32. The van der Waals surface area contributed by atoms with Crippen molar-refractivity contribution in [3.8, 4) is 28.1 Å². The smallest absolute Gasteiger partial charge is 0.404 e. The van der Waals surface area contributed by atoms with E-state index >= 15 is 0 Å². The summed E-state index contributed by atoms with van der Waals surface area (Å²) in [5, 5.41) is 10.9. The Bertz CT molecular complexity index is 856. The second-order valence-corrected chi connectivity index (χ2v) is 5.49. The van der Waals surface area contributed by atoms with Gasteiger partial charge in [0.25, 0.3) is 0 Å². The third-order valence-electron chi connectivity index (χ3n) is 3.87. The van der Waals surface area contributed by atoms with Crippen LogP contribution >= 0.6 is 0 Å². The van der Waals surface area contributed by atoms with Gasteiger partial charge in [-0.3, -0.25) is 0 Å². The Morgan fingerprint density at radius 3 is 2.60 bits per heavy atom. The summed E-state index contributed by atoms with van der Waals surface area (Å²) in [5.74, 6) is 1.58. The van der Waals surface area contributed by atoms with Gasteiger partial charge in [0, 0.05) is 30.3 Å². The number of aromatic nitrogens is 2. The highest BCUT2D eigenvalue weighted by Gasteiger charge is 2.07. The number of benzene rings is 2. The number of H-pyrrole nitrogens is 1. The van der Waals surface area contributed by atoms with Crippen molar-refractivity contribution in [2.24, 2.45) is 0 Å². The number of hydrogen-bond acceptors (Lipinski definition) is 3. The molecular formula is C19H19N3O3. The average Bonchev–Trinajstić information content (AvgIpc) is 3.10. The first-order valence-corrected chi connectivity index (χ1v) is 7.92. The number of rotatable bonds is 6. The highest BCUT2D eigenvalue weighted by Crippen LogP contribution is 2.30. The molecule has 3 N–H and O–H groups in total. The number of imidazole rings is 1. The first-order chi connectivity index (χ1) is 12.2. The summed E-state index contributed by atoms with van der Waals surface area (Å²) in [4.78, 5) is 18.0. The van der Waals surface area contributed by atoms with Crippen LogP contribution in [0.2, 0.25) is 0 Å². The summed E-state index contributed by atoms with van der Waals surface area (Å²) >= 11 is 0. The molecule has 0 spiro atoms. The van der Waals surface area contributed by atoms with Gasteiger partial charge < -0.3 is 20.1 Å². The van der Waals surface area contributed by atoms with Crippen LogP contribution in [-0.2, 0) is 6.42 Å². The van der Waals surface area contributed by atoms with E-state index in [2.05, 4.69) is 15.3 Å². The number of nitrogens with one attached hydrogen (secondary N) is 2. The molecule has 1 heterocycles. The summed E-state index contributed by atoms with van der Waals surface area (Å²) in [7, 11) is 1.66. The zero-order valence-corrected chi connectivity index (χ0v) is 13.8. The van der Waals surface area contributed by atoms with Gasteiger partial charge >= 0.3 is 6.09 Å². The van der Waals surface area contributed by atoms with Crippen LogP contribution in [0.15, 0.2) is 54.7 Å². The zero-order valence-electron chi connectivity index (χ0n) is 13.8. The van der Waals surface area contributed by atoms with E-state index in [4.69, 9.17) is 9.84 Å². The minimum Gasteiger partial charge on any atom is -0.496 e. The van der Waals surface area contributed by atoms with Crippen LogP contribution in [0, 0.1) is 0 Å². The molecule has 0 fully saturated rings. The monoisotopic (exact) mass is 337 g/mol. The Hall–Kier alpha value is -3.28. The third-order valence-corrected chi connectivity index (χ3v) is 3.87. The fourth-order valence-electron chi connectivity index (χ4n) is 2.63. The van der Waals surface area contributed by atoms with Crippen molar-refractivity contribution in [2.75, 3.05) is 13.7 Å². The number of carbonyl (C=O) groups is 1. The van der Waals surface area contributed by atoms with Gasteiger partial charge in [0.15, 0.2) is 0 Å². The van der Waals surface area contributed by atoms with Gasteiger partial charge in [0.05, 0.1) is 12.8 Å². The SMILES string of the molecule is COc1ccccc1-c1ccc(-c2c[nH]c(CCNC(=O)O)n2)cc1.